The van der Waals surface area contributed by atoms with Crippen molar-refractivity contribution in [2.75, 3.05) is 24.7 Å². The Morgan fingerprint density at radius 1 is 1.17 bits per heavy atom. The topological polar surface area (TPSA) is 66.5 Å². The van der Waals surface area contributed by atoms with Crippen molar-refractivity contribution in [1.29, 1.82) is 0 Å². The quantitative estimate of drug-likeness (QED) is 0.922. The van der Waals surface area contributed by atoms with Gasteiger partial charge in [0.1, 0.15) is 0 Å². The molecule has 0 radical (unpaired) electrons. The predicted molar refractivity (Wildman–Crippen MR) is 90.5 cm³/mol. The van der Waals surface area contributed by atoms with Gasteiger partial charge in [0.25, 0.3) is 0 Å². The van der Waals surface area contributed by atoms with E-state index in [0.717, 1.165) is 31.4 Å². The summed E-state index contributed by atoms with van der Waals surface area (Å²) < 4.78 is 25.5. The molecule has 1 aliphatic carbocycles. The van der Waals surface area contributed by atoms with Crippen LogP contribution in [0.4, 0.5) is 5.69 Å². The second-order valence-electron chi connectivity index (χ2n) is 6.89. The van der Waals surface area contributed by atoms with Gasteiger partial charge >= 0.3 is 0 Å². The molecule has 1 amide bonds. The molecule has 1 atom stereocenters. The average Bonchev–Trinajstić information content (AvgIpc) is 2.88. The number of sulfonamides is 1. The Bertz CT molecular complexity index is 666. The highest BCUT2D eigenvalue weighted by molar-refractivity contribution is 7.88. The summed E-state index contributed by atoms with van der Waals surface area (Å²) in [5, 5.41) is 2.97. The molecule has 1 heterocycles. The van der Waals surface area contributed by atoms with Crippen molar-refractivity contribution in [3.63, 3.8) is 0 Å². The molecule has 126 valence electrons. The minimum Gasteiger partial charge on any atom is -0.326 e. The van der Waals surface area contributed by atoms with Crippen LogP contribution in [0.15, 0.2) is 30.3 Å². The molecular formula is C17H24N2O3S. The number of anilines is 1. The van der Waals surface area contributed by atoms with Gasteiger partial charge in [0.15, 0.2) is 0 Å². The second kappa shape index (κ2) is 6.24. The van der Waals surface area contributed by atoms with Crippen molar-refractivity contribution >= 4 is 21.6 Å². The monoisotopic (exact) mass is 336 g/mol. The van der Waals surface area contributed by atoms with E-state index in [1.54, 1.807) is 0 Å². The molecule has 1 aliphatic heterocycles. The van der Waals surface area contributed by atoms with Gasteiger partial charge in [0.2, 0.25) is 15.9 Å². The van der Waals surface area contributed by atoms with Crippen LogP contribution in [-0.4, -0.2) is 38.0 Å². The summed E-state index contributed by atoms with van der Waals surface area (Å²) in [5.74, 6) is -0.318. The highest BCUT2D eigenvalue weighted by atomic mass is 32.2. The Morgan fingerprint density at radius 3 is 2.43 bits per heavy atom. The Morgan fingerprint density at radius 2 is 1.83 bits per heavy atom. The van der Waals surface area contributed by atoms with Crippen molar-refractivity contribution in [3.8, 4) is 0 Å². The molecule has 1 unspecified atom stereocenters. The molecule has 0 aromatic heterocycles. The fourth-order valence-electron chi connectivity index (χ4n) is 4.05. The molecule has 0 bridgehead atoms. The molecule has 6 heteroatoms. The molecule has 1 N–H and O–H groups in total. The number of para-hydroxylation sites is 1. The summed E-state index contributed by atoms with van der Waals surface area (Å²) in [7, 11) is -3.26. The maximum Gasteiger partial charge on any atom is 0.229 e. The summed E-state index contributed by atoms with van der Waals surface area (Å²) in [6.07, 6.45) is 6.44. The second-order valence-corrected chi connectivity index (χ2v) is 8.87. The minimum absolute atomic E-state index is 0.0516. The van der Waals surface area contributed by atoms with Gasteiger partial charge in [0, 0.05) is 18.8 Å². The van der Waals surface area contributed by atoms with E-state index in [2.05, 4.69) is 5.32 Å². The first-order valence-corrected chi connectivity index (χ1v) is 10.1. The van der Waals surface area contributed by atoms with Gasteiger partial charge in [-0.1, -0.05) is 37.5 Å². The number of nitrogens with zero attached hydrogens (tertiary/aromatic N) is 1. The average molecular weight is 336 g/mol. The van der Waals surface area contributed by atoms with Crippen LogP contribution < -0.4 is 5.32 Å². The Labute approximate surface area is 138 Å². The number of hydrogen-bond donors (Lipinski definition) is 1. The number of rotatable bonds is 3. The molecule has 3 rings (SSSR count). The highest BCUT2D eigenvalue weighted by Crippen LogP contribution is 2.48. The van der Waals surface area contributed by atoms with E-state index in [-0.39, 0.29) is 17.2 Å². The Balaban J connectivity index is 1.83. The maximum absolute atomic E-state index is 12.8. The molecular weight excluding hydrogens is 312 g/mol. The molecule has 1 saturated carbocycles. The molecule has 2 aliphatic rings. The summed E-state index contributed by atoms with van der Waals surface area (Å²) in [6.45, 7) is 0.788. The van der Waals surface area contributed by atoms with E-state index >= 15 is 0 Å². The predicted octanol–water partition coefficient (Wildman–Crippen LogP) is 2.47. The van der Waals surface area contributed by atoms with Crippen LogP contribution in [0.2, 0.25) is 0 Å². The lowest BCUT2D eigenvalue weighted by atomic mass is 9.67. The lowest BCUT2D eigenvalue weighted by Gasteiger charge is -2.37. The van der Waals surface area contributed by atoms with Crippen molar-refractivity contribution in [1.82, 2.24) is 4.31 Å². The number of carbonyl (C=O) groups excluding carboxylic acids is 1. The summed E-state index contributed by atoms with van der Waals surface area (Å²) >= 11 is 0. The lowest BCUT2D eigenvalue weighted by Crippen LogP contribution is -2.39. The largest absolute Gasteiger partial charge is 0.326 e. The van der Waals surface area contributed by atoms with Crippen LogP contribution in [0, 0.1) is 11.3 Å². The maximum atomic E-state index is 12.8. The van der Waals surface area contributed by atoms with E-state index in [1.807, 2.05) is 30.3 Å². The third-order valence-electron chi connectivity index (χ3n) is 5.29. The van der Waals surface area contributed by atoms with Crippen LogP contribution in [0.1, 0.15) is 32.1 Å². The van der Waals surface area contributed by atoms with Gasteiger partial charge in [-0.25, -0.2) is 12.7 Å². The summed E-state index contributed by atoms with van der Waals surface area (Å²) in [4.78, 5) is 12.8. The molecule has 5 nitrogen and oxygen atoms in total. The third-order valence-corrected chi connectivity index (χ3v) is 6.51. The molecule has 1 aromatic rings. The first-order valence-electron chi connectivity index (χ1n) is 8.22. The van der Waals surface area contributed by atoms with Crippen LogP contribution in [0.25, 0.3) is 0 Å². The van der Waals surface area contributed by atoms with Crippen LogP contribution >= 0.6 is 0 Å². The normalized spacial score (nSPS) is 24.7. The Kier molecular flexibility index (Phi) is 4.47. The number of nitrogens with one attached hydrogen (secondary N) is 1. The standard InChI is InChI=1S/C17H24N2O3S/c1-23(21,22)19-12-15(17(13-19)10-6-3-7-11-17)16(20)18-14-8-4-2-5-9-14/h2,4-5,8-9,15H,3,6-7,10-13H2,1H3,(H,18,20). The molecule has 1 spiro atoms. The molecule has 2 fully saturated rings. The fourth-order valence-corrected chi connectivity index (χ4v) is 4.96. The zero-order valence-corrected chi connectivity index (χ0v) is 14.3. The molecule has 23 heavy (non-hydrogen) atoms. The van der Waals surface area contributed by atoms with Crippen molar-refractivity contribution in [2.45, 2.75) is 32.1 Å². The van der Waals surface area contributed by atoms with E-state index in [0.29, 0.717) is 13.1 Å². The molecule has 1 aromatic carbocycles. The smallest absolute Gasteiger partial charge is 0.229 e. The van der Waals surface area contributed by atoms with Gasteiger partial charge in [-0.15, -0.1) is 0 Å². The van der Waals surface area contributed by atoms with E-state index in [9.17, 15) is 13.2 Å². The molecule has 1 saturated heterocycles. The van der Waals surface area contributed by atoms with Crippen molar-refractivity contribution < 1.29 is 13.2 Å². The summed E-state index contributed by atoms with van der Waals surface area (Å²) in [5.41, 5.74) is 0.571. The highest BCUT2D eigenvalue weighted by Gasteiger charge is 2.52. The first kappa shape index (κ1) is 16.5. The van der Waals surface area contributed by atoms with Gasteiger partial charge in [-0.2, -0.15) is 0 Å². The number of carbonyl (C=O) groups is 1. The van der Waals surface area contributed by atoms with Crippen LogP contribution in [0.5, 0.6) is 0 Å². The zero-order chi connectivity index (χ0) is 16.5. The lowest BCUT2D eigenvalue weighted by molar-refractivity contribution is -0.123. The third kappa shape index (κ3) is 3.43. The SMILES string of the molecule is CS(=O)(=O)N1CC(C(=O)Nc2ccccc2)C2(CCCCC2)C1. The van der Waals surface area contributed by atoms with E-state index < -0.39 is 10.0 Å². The van der Waals surface area contributed by atoms with Gasteiger partial charge in [-0.3, -0.25) is 4.79 Å². The van der Waals surface area contributed by atoms with Gasteiger partial charge in [-0.05, 0) is 30.4 Å². The number of benzene rings is 1. The minimum atomic E-state index is -3.26. The van der Waals surface area contributed by atoms with Gasteiger partial charge < -0.3 is 5.32 Å². The van der Waals surface area contributed by atoms with Crippen molar-refractivity contribution in [2.24, 2.45) is 11.3 Å². The van der Waals surface area contributed by atoms with Gasteiger partial charge in [0.05, 0.1) is 12.2 Å². The number of hydrogen-bond acceptors (Lipinski definition) is 3. The van der Waals surface area contributed by atoms with Crippen LogP contribution in [0.3, 0.4) is 0 Å². The van der Waals surface area contributed by atoms with E-state index in [4.69, 9.17) is 0 Å². The van der Waals surface area contributed by atoms with E-state index in [1.165, 1.54) is 17.0 Å². The zero-order valence-electron chi connectivity index (χ0n) is 13.5. The Hall–Kier alpha value is -1.40. The fraction of sp³-hybridized carbons (Fsp3) is 0.588. The summed E-state index contributed by atoms with van der Waals surface area (Å²) in [6, 6.07) is 9.37. The van der Waals surface area contributed by atoms with Crippen LogP contribution in [-0.2, 0) is 14.8 Å². The first-order chi connectivity index (χ1) is 10.9. The number of amides is 1. The van der Waals surface area contributed by atoms with Crippen molar-refractivity contribution in [3.05, 3.63) is 30.3 Å².